The van der Waals surface area contributed by atoms with Crippen molar-refractivity contribution in [3.8, 4) is 6.07 Å². The van der Waals surface area contributed by atoms with Crippen LogP contribution < -0.4 is 5.32 Å². The maximum Gasteiger partial charge on any atom is 0.108 e. The van der Waals surface area contributed by atoms with E-state index in [9.17, 15) is 0 Å². The van der Waals surface area contributed by atoms with Crippen molar-refractivity contribution in [1.29, 1.82) is 5.26 Å². The standard InChI is InChI=1S/C12H24N4/c1-4-11(2)16-7-5-15(6-8-16)10-12(9-13)14-3/h11-12,14H,4-8,10H2,1-3H3. The fourth-order valence-electron chi connectivity index (χ4n) is 2.10. The van der Waals surface area contributed by atoms with E-state index in [1.54, 1.807) is 0 Å². The molecule has 2 atom stereocenters. The van der Waals surface area contributed by atoms with E-state index in [0.717, 1.165) is 32.7 Å². The molecule has 1 N–H and O–H groups in total. The zero-order chi connectivity index (χ0) is 12.0. The zero-order valence-electron chi connectivity index (χ0n) is 10.7. The Labute approximate surface area is 99.2 Å². The Morgan fingerprint density at radius 2 is 1.94 bits per heavy atom. The summed E-state index contributed by atoms with van der Waals surface area (Å²) in [5.74, 6) is 0. The van der Waals surface area contributed by atoms with Gasteiger partial charge >= 0.3 is 0 Å². The largest absolute Gasteiger partial charge is 0.304 e. The van der Waals surface area contributed by atoms with E-state index in [1.807, 2.05) is 7.05 Å². The number of nitriles is 1. The molecule has 0 aromatic heterocycles. The molecule has 0 bridgehead atoms. The summed E-state index contributed by atoms with van der Waals surface area (Å²) in [6.07, 6.45) is 1.22. The lowest BCUT2D eigenvalue weighted by atomic mass is 10.2. The molecule has 1 aliphatic rings. The highest BCUT2D eigenvalue weighted by Crippen LogP contribution is 2.08. The maximum atomic E-state index is 8.89. The minimum absolute atomic E-state index is 0.0323. The lowest BCUT2D eigenvalue weighted by Gasteiger charge is -2.38. The van der Waals surface area contributed by atoms with Gasteiger partial charge in [-0.1, -0.05) is 6.92 Å². The molecule has 0 spiro atoms. The third kappa shape index (κ3) is 3.75. The summed E-state index contributed by atoms with van der Waals surface area (Å²) in [5.41, 5.74) is 0. The molecule has 0 amide bonds. The Balaban J connectivity index is 2.29. The fourth-order valence-corrected chi connectivity index (χ4v) is 2.10. The first-order chi connectivity index (χ1) is 7.71. The first kappa shape index (κ1) is 13.4. The smallest absolute Gasteiger partial charge is 0.108 e. The van der Waals surface area contributed by atoms with Crippen LogP contribution in [-0.4, -0.2) is 61.7 Å². The maximum absolute atomic E-state index is 8.89. The Kier molecular flexibility index (Phi) is 5.75. The van der Waals surface area contributed by atoms with Gasteiger partial charge < -0.3 is 5.32 Å². The van der Waals surface area contributed by atoms with Gasteiger partial charge in [-0.15, -0.1) is 0 Å². The normalized spacial score (nSPS) is 22.6. The highest BCUT2D eigenvalue weighted by molar-refractivity contribution is 4.92. The van der Waals surface area contributed by atoms with Gasteiger partial charge in [0.2, 0.25) is 0 Å². The summed E-state index contributed by atoms with van der Waals surface area (Å²) in [6, 6.07) is 2.94. The summed E-state index contributed by atoms with van der Waals surface area (Å²) in [7, 11) is 1.85. The number of piperazine rings is 1. The number of hydrogen-bond donors (Lipinski definition) is 1. The molecular formula is C12H24N4. The second kappa shape index (κ2) is 6.85. The first-order valence-corrected chi connectivity index (χ1v) is 6.24. The number of nitrogens with zero attached hydrogens (tertiary/aromatic N) is 3. The summed E-state index contributed by atoms with van der Waals surface area (Å²) >= 11 is 0. The van der Waals surface area contributed by atoms with Gasteiger partial charge in [0.15, 0.2) is 0 Å². The van der Waals surface area contributed by atoms with Gasteiger partial charge in [0, 0.05) is 38.8 Å². The van der Waals surface area contributed by atoms with Crippen molar-refractivity contribution in [3.05, 3.63) is 0 Å². The van der Waals surface area contributed by atoms with Crippen LogP contribution in [0.1, 0.15) is 20.3 Å². The van der Waals surface area contributed by atoms with E-state index in [2.05, 4.69) is 35.0 Å². The van der Waals surface area contributed by atoms with Crippen LogP contribution in [-0.2, 0) is 0 Å². The average Bonchev–Trinajstić information content (AvgIpc) is 2.35. The van der Waals surface area contributed by atoms with Gasteiger partial charge in [0.05, 0.1) is 6.07 Å². The van der Waals surface area contributed by atoms with Gasteiger partial charge in [-0.2, -0.15) is 5.26 Å². The Morgan fingerprint density at radius 1 is 1.31 bits per heavy atom. The highest BCUT2D eigenvalue weighted by Gasteiger charge is 2.21. The summed E-state index contributed by atoms with van der Waals surface area (Å²) in [5, 5.41) is 11.9. The molecule has 1 heterocycles. The molecule has 16 heavy (non-hydrogen) atoms. The van der Waals surface area contributed by atoms with E-state index in [0.29, 0.717) is 6.04 Å². The second-order valence-electron chi connectivity index (χ2n) is 4.56. The molecular weight excluding hydrogens is 200 g/mol. The topological polar surface area (TPSA) is 42.3 Å². The quantitative estimate of drug-likeness (QED) is 0.739. The van der Waals surface area contributed by atoms with E-state index >= 15 is 0 Å². The molecule has 0 aromatic rings. The Morgan fingerprint density at radius 3 is 2.38 bits per heavy atom. The molecule has 0 aliphatic carbocycles. The third-order valence-corrected chi connectivity index (χ3v) is 3.57. The second-order valence-corrected chi connectivity index (χ2v) is 4.56. The predicted molar refractivity (Wildman–Crippen MR) is 66.2 cm³/mol. The molecule has 0 radical (unpaired) electrons. The van der Waals surface area contributed by atoms with E-state index in [1.165, 1.54) is 6.42 Å². The Bertz CT molecular complexity index is 228. The van der Waals surface area contributed by atoms with Crippen molar-refractivity contribution in [2.75, 3.05) is 39.8 Å². The molecule has 1 fully saturated rings. The lowest BCUT2D eigenvalue weighted by molar-refractivity contribution is 0.0980. The van der Waals surface area contributed by atoms with Crippen LogP contribution in [0.2, 0.25) is 0 Å². The Hall–Kier alpha value is -0.630. The fraction of sp³-hybridized carbons (Fsp3) is 0.917. The van der Waals surface area contributed by atoms with Crippen LogP contribution in [0.15, 0.2) is 0 Å². The van der Waals surface area contributed by atoms with Gasteiger partial charge in [0.25, 0.3) is 0 Å². The molecule has 4 heteroatoms. The lowest BCUT2D eigenvalue weighted by Crippen LogP contribution is -2.52. The number of likely N-dealkylation sites (N-methyl/N-ethyl adjacent to an activating group) is 1. The number of hydrogen-bond acceptors (Lipinski definition) is 4. The number of rotatable bonds is 5. The molecule has 1 rings (SSSR count). The number of nitrogens with one attached hydrogen (secondary N) is 1. The monoisotopic (exact) mass is 224 g/mol. The van der Waals surface area contributed by atoms with E-state index in [-0.39, 0.29) is 6.04 Å². The molecule has 1 saturated heterocycles. The van der Waals surface area contributed by atoms with Crippen molar-refractivity contribution in [2.45, 2.75) is 32.4 Å². The molecule has 4 nitrogen and oxygen atoms in total. The van der Waals surface area contributed by atoms with E-state index in [4.69, 9.17) is 5.26 Å². The third-order valence-electron chi connectivity index (χ3n) is 3.57. The van der Waals surface area contributed by atoms with Crippen molar-refractivity contribution in [3.63, 3.8) is 0 Å². The predicted octanol–water partition coefficient (Wildman–Crippen LogP) is 0.514. The molecule has 2 unspecified atom stereocenters. The van der Waals surface area contributed by atoms with Crippen LogP contribution in [0.5, 0.6) is 0 Å². The van der Waals surface area contributed by atoms with Crippen molar-refractivity contribution in [2.24, 2.45) is 0 Å². The zero-order valence-corrected chi connectivity index (χ0v) is 10.7. The van der Waals surface area contributed by atoms with Gasteiger partial charge in [0.1, 0.15) is 6.04 Å². The first-order valence-electron chi connectivity index (χ1n) is 6.24. The highest BCUT2D eigenvalue weighted by atomic mass is 15.3. The van der Waals surface area contributed by atoms with Crippen LogP contribution in [0, 0.1) is 11.3 Å². The summed E-state index contributed by atoms with van der Waals surface area (Å²) in [6.45, 7) is 9.83. The molecule has 0 aromatic carbocycles. The van der Waals surface area contributed by atoms with E-state index < -0.39 is 0 Å². The van der Waals surface area contributed by atoms with Crippen molar-refractivity contribution < 1.29 is 0 Å². The van der Waals surface area contributed by atoms with Crippen LogP contribution in [0.4, 0.5) is 0 Å². The SMILES string of the molecule is CCC(C)N1CCN(CC(C#N)NC)CC1. The summed E-state index contributed by atoms with van der Waals surface area (Å²) in [4.78, 5) is 4.92. The molecule has 92 valence electrons. The van der Waals surface area contributed by atoms with Crippen molar-refractivity contribution >= 4 is 0 Å². The molecule has 0 saturated carbocycles. The van der Waals surface area contributed by atoms with Crippen molar-refractivity contribution in [1.82, 2.24) is 15.1 Å². The van der Waals surface area contributed by atoms with Gasteiger partial charge in [-0.3, -0.25) is 9.80 Å². The van der Waals surface area contributed by atoms with Gasteiger partial charge in [-0.25, -0.2) is 0 Å². The van der Waals surface area contributed by atoms with Crippen LogP contribution in [0.3, 0.4) is 0 Å². The minimum atomic E-state index is -0.0323. The minimum Gasteiger partial charge on any atom is -0.304 e. The summed E-state index contributed by atoms with van der Waals surface area (Å²) < 4.78 is 0. The van der Waals surface area contributed by atoms with Gasteiger partial charge in [-0.05, 0) is 20.4 Å². The van der Waals surface area contributed by atoms with Crippen LogP contribution >= 0.6 is 0 Å². The average molecular weight is 224 g/mol. The van der Waals surface area contributed by atoms with Crippen LogP contribution in [0.25, 0.3) is 0 Å². The molecule has 1 aliphatic heterocycles.